The van der Waals surface area contributed by atoms with Gasteiger partial charge in [-0.1, -0.05) is 81.5 Å². The molecule has 0 saturated carbocycles. The van der Waals surface area contributed by atoms with Crippen LogP contribution in [0.1, 0.15) is 85.4 Å². The highest BCUT2D eigenvalue weighted by Gasteiger charge is 2.50. The van der Waals surface area contributed by atoms with Crippen molar-refractivity contribution in [1.82, 2.24) is 0 Å². The average Bonchev–Trinajstić information content (AvgIpc) is 2.83. The normalized spacial score (nSPS) is 15.7. The number of hydrogen-bond acceptors (Lipinski definition) is 2. The summed E-state index contributed by atoms with van der Waals surface area (Å²) in [4.78, 5) is 25.8. The molecule has 1 aromatic carbocycles. The topological polar surface area (TPSA) is 34.1 Å². The molecule has 0 bridgehead atoms. The number of carbonyl (C=O) groups excluding carboxylic acids is 2. The molecule has 0 aliphatic heterocycles. The Hall–Kier alpha value is -1.96. The van der Waals surface area contributed by atoms with Crippen LogP contribution < -0.4 is 0 Å². The van der Waals surface area contributed by atoms with E-state index in [0.29, 0.717) is 24.0 Å². The van der Waals surface area contributed by atoms with Crippen LogP contribution >= 0.6 is 0 Å². The molecule has 0 unspecified atom stereocenters. The van der Waals surface area contributed by atoms with Crippen molar-refractivity contribution in [2.75, 3.05) is 0 Å². The lowest BCUT2D eigenvalue weighted by Crippen LogP contribution is -2.32. The molecule has 0 aromatic heterocycles. The molecule has 0 atom stereocenters. The SMILES string of the molecule is C=CCC1(CC=CCCCCCCCC)C(=O)c2ccccc2C1=O. The maximum Gasteiger partial charge on any atom is 0.178 e. The van der Waals surface area contributed by atoms with Crippen molar-refractivity contribution >= 4 is 11.6 Å². The van der Waals surface area contributed by atoms with Crippen molar-refractivity contribution in [3.63, 3.8) is 0 Å². The maximum absolute atomic E-state index is 12.9. The molecule has 134 valence electrons. The van der Waals surface area contributed by atoms with Crippen molar-refractivity contribution in [3.8, 4) is 0 Å². The smallest absolute Gasteiger partial charge is 0.178 e. The van der Waals surface area contributed by atoms with Crippen LogP contribution in [0.2, 0.25) is 0 Å². The lowest BCUT2D eigenvalue weighted by atomic mass is 9.76. The lowest BCUT2D eigenvalue weighted by molar-refractivity contribution is 0.0703. The van der Waals surface area contributed by atoms with Gasteiger partial charge in [0.1, 0.15) is 5.41 Å². The Bertz CT molecular complexity index is 604. The summed E-state index contributed by atoms with van der Waals surface area (Å²) in [5.41, 5.74) is 0.167. The van der Waals surface area contributed by atoms with Gasteiger partial charge in [0.05, 0.1) is 0 Å². The summed E-state index contributed by atoms with van der Waals surface area (Å²) in [6.07, 6.45) is 15.4. The van der Waals surface area contributed by atoms with Crippen LogP contribution in [0.3, 0.4) is 0 Å². The number of benzene rings is 1. The fourth-order valence-corrected chi connectivity index (χ4v) is 3.64. The molecule has 1 aliphatic carbocycles. The van der Waals surface area contributed by atoms with Crippen LogP contribution in [0.5, 0.6) is 0 Å². The number of Topliss-reactive ketones (excluding diaryl/α,β-unsaturated/α-hetero) is 2. The summed E-state index contributed by atoms with van der Waals surface area (Å²) in [7, 11) is 0. The number of hydrogen-bond donors (Lipinski definition) is 0. The number of rotatable bonds is 11. The fraction of sp³-hybridized carbons (Fsp3) is 0.478. The lowest BCUT2D eigenvalue weighted by Gasteiger charge is -2.22. The Labute approximate surface area is 152 Å². The third-order valence-electron chi connectivity index (χ3n) is 5.14. The van der Waals surface area contributed by atoms with Crippen molar-refractivity contribution in [1.29, 1.82) is 0 Å². The minimum absolute atomic E-state index is 0.0442. The third kappa shape index (κ3) is 4.36. The molecule has 0 spiro atoms. The monoisotopic (exact) mass is 338 g/mol. The first-order valence-corrected chi connectivity index (χ1v) is 9.62. The van der Waals surface area contributed by atoms with Crippen LogP contribution in [0.25, 0.3) is 0 Å². The molecule has 0 radical (unpaired) electrons. The second-order valence-corrected chi connectivity index (χ2v) is 7.01. The Morgan fingerprint density at radius 2 is 1.48 bits per heavy atom. The van der Waals surface area contributed by atoms with Crippen LogP contribution in [-0.4, -0.2) is 11.6 Å². The maximum atomic E-state index is 12.9. The molecule has 0 fully saturated rings. The number of ketones is 2. The van der Waals surface area contributed by atoms with E-state index in [0.717, 1.165) is 6.42 Å². The predicted molar refractivity (Wildman–Crippen MR) is 104 cm³/mol. The molecule has 2 nitrogen and oxygen atoms in total. The van der Waals surface area contributed by atoms with E-state index in [4.69, 9.17) is 0 Å². The van der Waals surface area contributed by atoms with Gasteiger partial charge in [-0.3, -0.25) is 9.59 Å². The Kier molecular flexibility index (Phi) is 7.36. The van der Waals surface area contributed by atoms with Crippen LogP contribution in [0.4, 0.5) is 0 Å². The second kappa shape index (κ2) is 9.50. The molecule has 0 heterocycles. The number of fused-ring (bicyclic) bond motifs is 1. The molecule has 2 rings (SSSR count). The zero-order chi connectivity index (χ0) is 18.1. The number of allylic oxidation sites excluding steroid dienone is 3. The molecule has 0 amide bonds. The van der Waals surface area contributed by atoms with E-state index in [1.165, 1.54) is 38.5 Å². The first-order valence-electron chi connectivity index (χ1n) is 9.62. The zero-order valence-electron chi connectivity index (χ0n) is 15.4. The molecular formula is C23H30O2. The summed E-state index contributed by atoms with van der Waals surface area (Å²) >= 11 is 0. The fourth-order valence-electron chi connectivity index (χ4n) is 3.64. The van der Waals surface area contributed by atoms with E-state index in [1.807, 2.05) is 18.2 Å². The van der Waals surface area contributed by atoms with E-state index in [9.17, 15) is 9.59 Å². The molecule has 0 N–H and O–H groups in total. The average molecular weight is 338 g/mol. The quantitative estimate of drug-likeness (QED) is 0.268. The van der Waals surface area contributed by atoms with Crippen molar-refractivity contribution in [2.24, 2.45) is 5.41 Å². The van der Waals surface area contributed by atoms with Crippen molar-refractivity contribution in [3.05, 3.63) is 60.2 Å². The molecular weight excluding hydrogens is 308 g/mol. The van der Waals surface area contributed by atoms with Crippen LogP contribution in [0, 0.1) is 5.41 Å². The third-order valence-corrected chi connectivity index (χ3v) is 5.14. The van der Waals surface area contributed by atoms with Crippen LogP contribution in [0.15, 0.2) is 49.1 Å². The Morgan fingerprint density at radius 3 is 2.08 bits per heavy atom. The summed E-state index contributed by atoms with van der Waals surface area (Å²) in [6.45, 7) is 5.99. The molecule has 1 aliphatic rings. The Morgan fingerprint density at radius 1 is 0.880 bits per heavy atom. The van der Waals surface area contributed by atoms with Gasteiger partial charge in [-0.2, -0.15) is 0 Å². The van der Waals surface area contributed by atoms with E-state index in [1.54, 1.807) is 18.2 Å². The van der Waals surface area contributed by atoms with Crippen LogP contribution in [-0.2, 0) is 0 Å². The highest BCUT2D eigenvalue weighted by molar-refractivity contribution is 6.29. The van der Waals surface area contributed by atoms with E-state index in [-0.39, 0.29) is 11.6 Å². The molecule has 0 saturated heterocycles. The highest BCUT2D eigenvalue weighted by Crippen LogP contribution is 2.42. The van der Waals surface area contributed by atoms with Gasteiger partial charge in [0.15, 0.2) is 11.6 Å². The number of carbonyl (C=O) groups is 2. The minimum atomic E-state index is -0.969. The number of unbranched alkanes of at least 4 members (excludes halogenated alkanes) is 6. The summed E-state index contributed by atoms with van der Waals surface area (Å²) in [6, 6.07) is 7.17. The van der Waals surface area contributed by atoms with Gasteiger partial charge in [-0.05, 0) is 25.7 Å². The summed E-state index contributed by atoms with van der Waals surface area (Å²) in [5, 5.41) is 0. The second-order valence-electron chi connectivity index (χ2n) is 7.01. The Balaban J connectivity index is 1.93. The van der Waals surface area contributed by atoms with Gasteiger partial charge < -0.3 is 0 Å². The van der Waals surface area contributed by atoms with Gasteiger partial charge in [-0.25, -0.2) is 0 Å². The predicted octanol–water partition coefficient (Wildman–Crippen LogP) is 6.33. The van der Waals surface area contributed by atoms with E-state index < -0.39 is 5.41 Å². The van der Waals surface area contributed by atoms with Gasteiger partial charge in [-0.15, -0.1) is 6.58 Å². The summed E-state index contributed by atoms with van der Waals surface area (Å²) in [5.74, 6) is -0.0885. The standard InChI is InChI=1S/C23H30O2/c1-3-5-6-7-8-9-10-11-14-18-23(17-4-2)21(24)19-15-12-13-16-20(19)22(23)25/h4,11-16H,2-3,5-10,17-18H2,1H3. The van der Waals surface area contributed by atoms with Gasteiger partial charge >= 0.3 is 0 Å². The molecule has 1 aromatic rings. The van der Waals surface area contributed by atoms with E-state index in [2.05, 4.69) is 19.6 Å². The van der Waals surface area contributed by atoms with E-state index >= 15 is 0 Å². The molecule has 25 heavy (non-hydrogen) atoms. The largest absolute Gasteiger partial charge is 0.293 e. The van der Waals surface area contributed by atoms with Gasteiger partial charge in [0, 0.05) is 11.1 Å². The molecule has 2 heteroatoms. The minimum Gasteiger partial charge on any atom is -0.293 e. The van der Waals surface area contributed by atoms with Crippen molar-refractivity contribution < 1.29 is 9.59 Å². The first kappa shape index (κ1) is 19.4. The summed E-state index contributed by atoms with van der Waals surface area (Å²) < 4.78 is 0. The highest BCUT2D eigenvalue weighted by atomic mass is 16.2. The van der Waals surface area contributed by atoms with Crippen molar-refractivity contribution in [2.45, 2.75) is 64.7 Å². The zero-order valence-corrected chi connectivity index (χ0v) is 15.4. The first-order chi connectivity index (χ1) is 12.2. The van der Waals surface area contributed by atoms with Gasteiger partial charge in [0.25, 0.3) is 0 Å². The van der Waals surface area contributed by atoms with Gasteiger partial charge in [0.2, 0.25) is 0 Å².